The molecule has 0 aliphatic carbocycles. The summed E-state index contributed by atoms with van der Waals surface area (Å²) in [6, 6.07) is 7.46. The Morgan fingerprint density at radius 2 is 1.68 bits per heavy atom. The number of nitrogens with zero attached hydrogens (tertiary/aromatic N) is 1. The Balaban J connectivity index is 1.88. The molecule has 0 saturated heterocycles. The first-order valence-corrected chi connectivity index (χ1v) is 6.51. The number of ketones is 1. The van der Waals surface area contributed by atoms with Crippen molar-refractivity contribution in [2.75, 3.05) is 6.61 Å². The molecule has 0 aromatic heterocycles. The van der Waals surface area contributed by atoms with Gasteiger partial charge in [-0.05, 0) is 36.4 Å². The first-order chi connectivity index (χ1) is 10.6. The van der Waals surface area contributed by atoms with Crippen molar-refractivity contribution < 1.29 is 22.7 Å². The molecule has 1 atom stereocenters. The zero-order valence-electron chi connectivity index (χ0n) is 11.2. The molecule has 2 aromatic rings. The van der Waals surface area contributed by atoms with Crippen molar-refractivity contribution in [1.82, 2.24) is 0 Å². The molecule has 0 fully saturated rings. The van der Waals surface area contributed by atoms with E-state index in [2.05, 4.69) is 4.99 Å². The fourth-order valence-corrected chi connectivity index (χ4v) is 2.15. The molecule has 6 heteroatoms. The van der Waals surface area contributed by atoms with Gasteiger partial charge in [-0.2, -0.15) is 0 Å². The van der Waals surface area contributed by atoms with Crippen LogP contribution >= 0.6 is 0 Å². The Bertz CT molecular complexity index is 736. The van der Waals surface area contributed by atoms with Crippen LogP contribution in [0.3, 0.4) is 0 Å². The number of ether oxygens (including phenoxy) is 1. The zero-order chi connectivity index (χ0) is 15.7. The molecule has 1 unspecified atom stereocenters. The fraction of sp³-hybridized carbons (Fsp3) is 0.125. The fourth-order valence-electron chi connectivity index (χ4n) is 2.15. The maximum atomic E-state index is 13.7. The predicted molar refractivity (Wildman–Crippen MR) is 73.4 cm³/mol. The summed E-state index contributed by atoms with van der Waals surface area (Å²) in [5, 5.41) is 0. The van der Waals surface area contributed by atoms with Crippen LogP contribution in [-0.2, 0) is 4.74 Å². The number of benzene rings is 2. The summed E-state index contributed by atoms with van der Waals surface area (Å²) >= 11 is 0. The Morgan fingerprint density at radius 3 is 2.32 bits per heavy atom. The van der Waals surface area contributed by atoms with Gasteiger partial charge in [-0.15, -0.1) is 0 Å². The Morgan fingerprint density at radius 1 is 1.05 bits per heavy atom. The van der Waals surface area contributed by atoms with Gasteiger partial charge in [0, 0.05) is 5.56 Å². The van der Waals surface area contributed by atoms with Crippen molar-refractivity contribution in [2.24, 2.45) is 4.99 Å². The number of carbonyl (C=O) groups is 1. The van der Waals surface area contributed by atoms with Gasteiger partial charge < -0.3 is 4.74 Å². The topological polar surface area (TPSA) is 38.7 Å². The van der Waals surface area contributed by atoms with Crippen LogP contribution in [0.1, 0.15) is 15.9 Å². The average Bonchev–Trinajstić information content (AvgIpc) is 2.97. The van der Waals surface area contributed by atoms with Gasteiger partial charge in [-0.25, -0.2) is 18.2 Å². The number of aliphatic imine (C=N–C) groups is 1. The highest BCUT2D eigenvalue weighted by Gasteiger charge is 2.30. The highest BCUT2D eigenvalue weighted by Crippen LogP contribution is 2.20. The number of hydrogen-bond acceptors (Lipinski definition) is 3. The molecule has 112 valence electrons. The molecule has 0 N–H and O–H groups in total. The van der Waals surface area contributed by atoms with Gasteiger partial charge in [0.1, 0.15) is 29.6 Å². The summed E-state index contributed by atoms with van der Waals surface area (Å²) in [7, 11) is 0. The Labute approximate surface area is 124 Å². The summed E-state index contributed by atoms with van der Waals surface area (Å²) in [6.07, 6.45) is 0. The van der Waals surface area contributed by atoms with Gasteiger partial charge in [0.15, 0.2) is 11.8 Å². The van der Waals surface area contributed by atoms with E-state index in [-0.39, 0.29) is 18.1 Å². The Hall–Kier alpha value is -2.63. The quantitative estimate of drug-likeness (QED) is 0.817. The molecule has 0 amide bonds. The van der Waals surface area contributed by atoms with Crippen LogP contribution < -0.4 is 0 Å². The minimum Gasteiger partial charge on any atom is -0.475 e. The van der Waals surface area contributed by atoms with Crippen molar-refractivity contribution >= 4 is 11.7 Å². The molecule has 22 heavy (non-hydrogen) atoms. The third-order valence-electron chi connectivity index (χ3n) is 3.26. The SMILES string of the molecule is O=C(c1ccc(F)cc1)C1COC(c2c(F)cccc2F)=N1. The van der Waals surface area contributed by atoms with Crippen molar-refractivity contribution in [3.05, 3.63) is 71.0 Å². The van der Waals surface area contributed by atoms with Gasteiger partial charge in [0.25, 0.3) is 0 Å². The van der Waals surface area contributed by atoms with Crippen LogP contribution in [0, 0.1) is 17.5 Å². The highest BCUT2D eigenvalue weighted by atomic mass is 19.1. The molecule has 1 heterocycles. The number of halogens is 3. The van der Waals surface area contributed by atoms with Gasteiger partial charge in [-0.3, -0.25) is 4.79 Å². The number of hydrogen-bond donors (Lipinski definition) is 0. The van der Waals surface area contributed by atoms with Crippen LogP contribution in [-0.4, -0.2) is 24.3 Å². The van der Waals surface area contributed by atoms with Gasteiger partial charge >= 0.3 is 0 Å². The van der Waals surface area contributed by atoms with Gasteiger partial charge in [0.05, 0.1) is 0 Å². The average molecular weight is 305 g/mol. The molecule has 0 bridgehead atoms. The van der Waals surface area contributed by atoms with Crippen molar-refractivity contribution in [2.45, 2.75) is 6.04 Å². The normalized spacial score (nSPS) is 17.0. The first-order valence-electron chi connectivity index (χ1n) is 6.51. The lowest BCUT2D eigenvalue weighted by molar-refractivity contribution is 0.0948. The van der Waals surface area contributed by atoms with Crippen LogP contribution in [0.4, 0.5) is 13.2 Å². The molecular formula is C16H10F3NO2. The lowest BCUT2D eigenvalue weighted by Gasteiger charge is -2.04. The maximum Gasteiger partial charge on any atom is 0.223 e. The second kappa shape index (κ2) is 5.63. The molecule has 1 aliphatic heterocycles. The molecular weight excluding hydrogens is 295 g/mol. The predicted octanol–water partition coefficient (Wildman–Crippen LogP) is 3.13. The summed E-state index contributed by atoms with van der Waals surface area (Å²) < 4.78 is 45.3. The molecule has 0 radical (unpaired) electrons. The summed E-state index contributed by atoms with van der Waals surface area (Å²) in [5.74, 6) is -2.72. The molecule has 3 nitrogen and oxygen atoms in total. The van der Waals surface area contributed by atoms with E-state index in [9.17, 15) is 18.0 Å². The molecule has 3 rings (SSSR count). The monoisotopic (exact) mass is 305 g/mol. The third-order valence-corrected chi connectivity index (χ3v) is 3.26. The molecule has 2 aromatic carbocycles. The second-order valence-corrected chi connectivity index (χ2v) is 4.73. The summed E-state index contributed by atoms with van der Waals surface area (Å²) in [5.41, 5.74) is -0.133. The molecule has 1 aliphatic rings. The van der Waals surface area contributed by atoms with E-state index in [0.29, 0.717) is 0 Å². The smallest absolute Gasteiger partial charge is 0.223 e. The summed E-state index contributed by atoms with van der Waals surface area (Å²) in [6.45, 7) is -0.112. The maximum absolute atomic E-state index is 13.7. The lowest BCUT2D eigenvalue weighted by atomic mass is 10.1. The van der Waals surface area contributed by atoms with E-state index in [0.717, 1.165) is 24.3 Å². The van der Waals surface area contributed by atoms with Crippen molar-refractivity contribution in [3.8, 4) is 0 Å². The third kappa shape index (κ3) is 2.59. The highest BCUT2D eigenvalue weighted by molar-refractivity contribution is 6.04. The Kier molecular flexibility index (Phi) is 3.66. The van der Waals surface area contributed by atoms with Crippen LogP contribution in [0.25, 0.3) is 0 Å². The largest absolute Gasteiger partial charge is 0.475 e. The zero-order valence-corrected chi connectivity index (χ0v) is 11.2. The number of Topliss-reactive ketones (excluding diaryl/α,β-unsaturated/α-hetero) is 1. The molecule has 0 saturated carbocycles. The van der Waals surface area contributed by atoms with E-state index in [1.54, 1.807) is 0 Å². The van der Waals surface area contributed by atoms with E-state index in [1.807, 2.05) is 0 Å². The van der Waals surface area contributed by atoms with Crippen LogP contribution in [0.15, 0.2) is 47.5 Å². The van der Waals surface area contributed by atoms with Crippen LogP contribution in [0.2, 0.25) is 0 Å². The van der Waals surface area contributed by atoms with Crippen LogP contribution in [0.5, 0.6) is 0 Å². The van der Waals surface area contributed by atoms with Crippen molar-refractivity contribution in [1.29, 1.82) is 0 Å². The van der Waals surface area contributed by atoms with E-state index < -0.39 is 34.8 Å². The number of carbonyl (C=O) groups excluding carboxylic acids is 1. The number of rotatable bonds is 3. The van der Waals surface area contributed by atoms with E-state index in [1.165, 1.54) is 18.2 Å². The minimum absolute atomic E-state index is 0.112. The standard InChI is InChI=1S/C16H10F3NO2/c17-10-6-4-9(5-7-10)15(21)13-8-22-16(20-13)14-11(18)2-1-3-12(14)19/h1-7,13H,8H2. The lowest BCUT2D eigenvalue weighted by Crippen LogP contribution is -2.20. The summed E-state index contributed by atoms with van der Waals surface area (Å²) in [4.78, 5) is 16.2. The van der Waals surface area contributed by atoms with E-state index in [4.69, 9.17) is 4.74 Å². The minimum atomic E-state index is -0.903. The second-order valence-electron chi connectivity index (χ2n) is 4.73. The van der Waals surface area contributed by atoms with Crippen molar-refractivity contribution in [3.63, 3.8) is 0 Å². The first kappa shape index (κ1) is 14.3. The molecule has 0 spiro atoms. The van der Waals surface area contributed by atoms with Gasteiger partial charge in [-0.1, -0.05) is 6.07 Å². The van der Waals surface area contributed by atoms with E-state index >= 15 is 0 Å². The van der Waals surface area contributed by atoms with Gasteiger partial charge in [0.2, 0.25) is 5.90 Å².